The number of rotatable bonds is 7. The maximum Gasteiger partial charge on any atom is 0.341 e. The van der Waals surface area contributed by atoms with Gasteiger partial charge in [-0.2, -0.15) is 5.10 Å². The standard InChI is InChI=1S/C18H15N3O7/c22-15(23)10-28-14-4-2-1-3-12(14)9-19-21-17(25)16(24)20-13-7-5-11(6-8-13)18(26)27/h1-9H,10H2,(H,20,24)(H,21,25)(H,22,23)(H,26,27). The fourth-order valence-electron chi connectivity index (χ4n) is 1.95. The molecule has 0 aliphatic rings. The molecule has 4 N–H and O–H groups in total. The topological polar surface area (TPSA) is 154 Å². The number of hydrazone groups is 1. The lowest BCUT2D eigenvalue weighted by atomic mass is 10.2. The molecular weight excluding hydrogens is 370 g/mol. The summed E-state index contributed by atoms with van der Waals surface area (Å²) in [5.41, 5.74) is 2.70. The Kier molecular flexibility index (Phi) is 6.81. The van der Waals surface area contributed by atoms with Gasteiger partial charge >= 0.3 is 23.8 Å². The van der Waals surface area contributed by atoms with Crippen molar-refractivity contribution in [1.29, 1.82) is 0 Å². The number of hydrogen-bond donors (Lipinski definition) is 4. The zero-order valence-corrected chi connectivity index (χ0v) is 14.3. The molecule has 0 saturated heterocycles. The molecule has 2 rings (SSSR count). The average Bonchev–Trinajstić information content (AvgIpc) is 2.67. The second-order valence-electron chi connectivity index (χ2n) is 5.26. The van der Waals surface area contributed by atoms with Crippen LogP contribution in [0, 0.1) is 0 Å². The second-order valence-corrected chi connectivity index (χ2v) is 5.26. The van der Waals surface area contributed by atoms with Gasteiger partial charge in [0.2, 0.25) is 0 Å². The Morgan fingerprint density at radius 1 is 0.964 bits per heavy atom. The van der Waals surface area contributed by atoms with Crippen LogP contribution >= 0.6 is 0 Å². The smallest absolute Gasteiger partial charge is 0.341 e. The summed E-state index contributed by atoms with van der Waals surface area (Å²) in [5.74, 6) is -4.07. The van der Waals surface area contributed by atoms with E-state index in [1.165, 1.54) is 36.5 Å². The minimum Gasteiger partial charge on any atom is -0.481 e. The number of carbonyl (C=O) groups excluding carboxylic acids is 2. The van der Waals surface area contributed by atoms with Crippen LogP contribution in [0.1, 0.15) is 15.9 Å². The molecule has 2 aromatic rings. The fraction of sp³-hybridized carbons (Fsp3) is 0.0556. The van der Waals surface area contributed by atoms with Crippen LogP contribution in [0.25, 0.3) is 0 Å². The van der Waals surface area contributed by atoms with Crippen molar-refractivity contribution in [3.8, 4) is 5.75 Å². The van der Waals surface area contributed by atoms with Crippen LogP contribution in [0.2, 0.25) is 0 Å². The highest BCUT2D eigenvalue weighted by Gasteiger charge is 2.13. The third kappa shape index (κ3) is 5.95. The molecule has 2 aromatic carbocycles. The number of ether oxygens (including phenoxy) is 1. The molecule has 0 unspecified atom stereocenters. The molecule has 28 heavy (non-hydrogen) atoms. The summed E-state index contributed by atoms with van der Waals surface area (Å²) in [5, 5.41) is 23.4. The van der Waals surface area contributed by atoms with Crippen molar-refractivity contribution in [1.82, 2.24) is 5.43 Å². The molecule has 0 saturated carbocycles. The molecule has 144 valence electrons. The van der Waals surface area contributed by atoms with E-state index in [0.717, 1.165) is 0 Å². The molecule has 0 atom stereocenters. The first kappa shape index (κ1) is 20.1. The fourth-order valence-corrected chi connectivity index (χ4v) is 1.95. The van der Waals surface area contributed by atoms with Crippen LogP contribution in [0.4, 0.5) is 5.69 Å². The van der Waals surface area contributed by atoms with Crippen molar-refractivity contribution in [2.75, 3.05) is 11.9 Å². The zero-order valence-electron chi connectivity index (χ0n) is 14.3. The maximum atomic E-state index is 11.8. The van der Waals surface area contributed by atoms with E-state index >= 15 is 0 Å². The number of aliphatic carboxylic acids is 1. The van der Waals surface area contributed by atoms with Gasteiger partial charge in [0.05, 0.1) is 11.8 Å². The predicted octanol–water partition coefficient (Wildman–Crippen LogP) is 0.937. The summed E-state index contributed by atoms with van der Waals surface area (Å²) >= 11 is 0. The summed E-state index contributed by atoms with van der Waals surface area (Å²) < 4.78 is 5.08. The van der Waals surface area contributed by atoms with Gasteiger partial charge in [-0.3, -0.25) is 9.59 Å². The molecule has 0 aromatic heterocycles. The number of nitrogens with one attached hydrogen (secondary N) is 2. The van der Waals surface area contributed by atoms with Crippen LogP contribution in [-0.2, 0) is 14.4 Å². The number of anilines is 1. The van der Waals surface area contributed by atoms with E-state index in [1.54, 1.807) is 18.2 Å². The Balaban J connectivity index is 1.93. The summed E-state index contributed by atoms with van der Waals surface area (Å²) in [6.07, 6.45) is 1.20. The molecule has 10 nitrogen and oxygen atoms in total. The number of aromatic carboxylic acids is 1. The van der Waals surface area contributed by atoms with Crippen molar-refractivity contribution in [3.63, 3.8) is 0 Å². The Labute approximate surface area is 158 Å². The average molecular weight is 385 g/mol. The van der Waals surface area contributed by atoms with E-state index in [9.17, 15) is 19.2 Å². The third-order valence-electron chi connectivity index (χ3n) is 3.24. The molecule has 0 radical (unpaired) electrons. The molecular formula is C18H15N3O7. The number of carbonyl (C=O) groups is 4. The van der Waals surface area contributed by atoms with Crippen LogP contribution in [0.3, 0.4) is 0 Å². The first-order chi connectivity index (χ1) is 13.4. The van der Waals surface area contributed by atoms with Gasteiger partial charge < -0.3 is 20.3 Å². The minimum atomic E-state index is -1.15. The first-order valence-electron chi connectivity index (χ1n) is 7.78. The molecule has 10 heteroatoms. The highest BCUT2D eigenvalue weighted by atomic mass is 16.5. The van der Waals surface area contributed by atoms with E-state index in [-0.39, 0.29) is 17.0 Å². The third-order valence-corrected chi connectivity index (χ3v) is 3.24. The summed E-state index contributed by atoms with van der Waals surface area (Å²) in [7, 11) is 0. The van der Waals surface area contributed by atoms with Gasteiger partial charge in [-0.05, 0) is 36.4 Å². The van der Waals surface area contributed by atoms with E-state index in [1.807, 2.05) is 5.43 Å². The van der Waals surface area contributed by atoms with Crippen molar-refractivity contribution >= 4 is 35.7 Å². The van der Waals surface area contributed by atoms with Crippen molar-refractivity contribution < 1.29 is 34.1 Å². The van der Waals surface area contributed by atoms with E-state index in [2.05, 4.69) is 10.4 Å². The van der Waals surface area contributed by atoms with Gasteiger partial charge in [0.25, 0.3) is 0 Å². The van der Waals surface area contributed by atoms with Gasteiger partial charge in [0.15, 0.2) is 6.61 Å². The molecule has 0 fully saturated rings. The predicted molar refractivity (Wildman–Crippen MR) is 97.3 cm³/mol. The van der Waals surface area contributed by atoms with Crippen LogP contribution < -0.4 is 15.5 Å². The number of hydrogen-bond acceptors (Lipinski definition) is 6. The number of carboxylic acid groups (broad SMARTS) is 2. The molecule has 0 bridgehead atoms. The van der Waals surface area contributed by atoms with E-state index in [0.29, 0.717) is 5.56 Å². The Hall–Kier alpha value is -4.21. The lowest BCUT2D eigenvalue weighted by molar-refractivity contribution is -0.139. The van der Waals surface area contributed by atoms with Gasteiger partial charge in [-0.1, -0.05) is 12.1 Å². The molecule has 0 aliphatic carbocycles. The number of carboxylic acids is 2. The summed E-state index contributed by atoms with van der Waals surface area (Å²) in [6.45, 7) is -0.541. The SMILES string of the molecule is O=C(O)COc1ccccc1C=NNC(=O)C(=O)Nc1ccc(C(=O)O)cc1. The lowest BCUT2D eigenvalue weighted by Crippen LogP contribution is -2.32. The normalized spacial score (nSPS) is 10.3. The van der Waals surface area contributed by atoms with Crippen molar-refractivity contribution in [3.05, 3.63) is 59.7 Å². The van der Waals surface area contributed by atoms with E-state index < -0.39 is 30.4 Å². The summed E-state index contributed by atoms with van der Waals surface area (Å²) in [6, 6.07) is 11.6. The van der Waals surface area contributed by atoms with Crippen LogP contribution in [0.5, 0.6) is 5.75 Å². The monoisotopic (exact) mass is 385 g/mol. The zero-order chi connectivity index (χ0) is 20.5. The van der Waals surface area contributed by atoms with Gasteiger partial charge in [-0.25, -0.2) is 15.0 Å². The molecule has 0 spiro atoms. The number of nitrogens with zero attached hydrogens (tertiary/aromatic N) is 1. The number of benzene rings is 2. The van der Waals surface area contributed by atoms with Gasteiger partial charge in [-0.15, -0.1) is 0 Å². The number of amides is 2. The van der Waals surface area contributed by atoms with Crippen LogP contribution in [0.15, 0.2) is 53.6 Å². The largest absolute Gasteiger partial charge is 0.481 e. The minimum absolute atomic E-state index is 0.0378. The maximum absolute atomic E-state index is 11.8. The quantitative estimate of drug-likeness (QED) is 0.314. The van der Waals surface area contributed by atoms with Crippen molar-refractivity contribution in [2.45, 2.75) is 0 Å². The van der Waals surface area contributed by atoms with E-state index in [4.69, 9.17) is 14.9 Å². The Morgan fingerprint density at radius 3 is 2.29 bits per heavy atom. The van der Waals surface area contributed by atoms with Gasteiger partial charge in [0, 0.05) is 11.3 Å². The second kappa shape index (κ2) is 9.48. The van der Waals surface area contributed by atoms with Crippen molar-refractivity contribution in [2.24, 2.45) is 5.10 Å². The molecule has 2 amide bonds. The molecule has 0 heterocycles. The molecule has 0 aliphatic heterocycles. The Bertz CT molecular complexity index is 923. The highest BCUT2D eigenvalue weighted by Crippen LogP contribution is 2.15. The van der Waals surface area contributed by atoms with Gasteiger partial charge in [0.1, 0.15) is 5.75 Å². The first-order valence-corrected chi connectivity index (χ1v) is 7.78. The number of para-hydroxylation sites is 1. The highest BCUT2D eigenvalue weighted by molar-refractivity contribution is 6.39. The Morgan fingerprint density at radius 2 is 1.64 bits per heavy atom. The summed E-state index contributed by atoms with van der Waals surface area (Å²) in [4.78, 5) is 44.9. The van der Waals surface area contributed by atoms with Crippen LogP contribution in [-0.4, -0.2) is 46.8 Å². The lowest BCUT2D eigenvalue weighted by Gasteiger charge is -2.06.